The Balaban J connectivity index is 1.64. The summed E-state index contributed by atoms with van der Waals surface area (Å²) >= 11 is 0. The van der Waals surface area contributed by atoms with Crippen molar-refractivity contribution >= 4 is 17.5 Å². The largest absolute Gasteiger partial charge is 0.349 e. The van der Waals surface area contributed by atoms with Crippen molar-refractivity contribution in [2.45, 2.75) is 32.2 Å². The molecule has 1 aromatic heterocycles. The molecular formula is C16H18N4O. The van der Waals surface area contributed by atoms with Gasteiger partial charge < -0.3 is 10.6 Å². The van der Waals surface area contributed by atoms with Crippen LogP contribution in [-0.2, 0) is 6.42 Å². The number of rotatable bonds is 5. The number of nitrogens with zero attached hydrogens (tertiary/aromatic N) is 2. The Morgan fingerprint density at radius 2 is 1.86 bits per heavy atom. The van der Waals surface area contributed by atoms with E-state index in [0.29, 0.717) is 17.6 Å². The predicted octanol–water partition coefficient (Wildman–Crippen LogP) is 2.67. The molecule has 0 bridgehead atoms. The maximum Gasteiger partial charge on any atom is 0.254 e. The number of benzene rings is 1. The molecule has 0 unspecified atom stereocenters. The number of carbonyl (C=O) groups is 1. The van der Waals surface area contributed by atoms with E-state index in [-0.39, 0.29) is 5.91 Å². The Morgan fingerprint density at radius 3 is 2.43 bits per heavy atom. The number of hydrogen-bond acceptors (Lipinski definition) is 4. The topological polar surface area (TPSA) is 66.9 Å². The van der Waals surface area contributed by atoms with E-state index in [1.165, 1.54) is 5.56 Å². The minimum Gasteiger partial charge on any atom is -0.349 e. The molecule has 0 radical (unpaired) electrons. The van der Waals surface area contributed by atoms with Crippen molar-refractivity contribution in [3.8, 4) is 0 Å². The Bertz CT molecular complexity index is 618. The lowest BCUT2D eigenvalue weighted by Crippen LogP contribution is -2.25. The fourth-order valence-electron chi connectivity index (χ4n) is 1.96. The van der Waals surface area contributed by atoms with Crippen LogP contribution in [0, 0.1) is 0 Å². The summed E-state index contributed by atoms with van der Waals surface area (Å²) in [5.41, 5.74) is 2.71. The van der Waals surface area contributed by atoms with E-state index >= 15 is 0 Å². The summed E-state index contributed by atoms with van der Waals surface area (Å²) in [4.78, 5) is 20.2. The number of carbonyl (C=O) groups excluding carboxylic acids is 1. The fourth-order valence-corrected chi connectivity index (χ4v) is 1.96. The summed E-state index contributed by atoms with van der Waals surface area (Å²) in [6.07, 6.45) is 6.25. The van der Waals surface area contributed by atoms with E-state index in [1.807, 2.05) is 12.1 Å². The lowest BCUT2D eigenvalue weighted by molar-refractivity contribution is 0.0950. The van der Waals surface area contributed by atoms with Gasteiger partial charge >= 0.3 is 0 Å². The zero-order valence-corrected chi connectivity index (χ0v) is 12.0. The van der Waals surface area contributed by atoms with Gasteiger partial charge in [-0.05, 0) is 37.0 Å². The van der Waals surface area contributed by atoms with Gasteiger partial charge in [-0.25, -0.2) is 9.97 Å². The Labute approximate surface area is 123 Å². The van der Waals surface area contributed by atoms with Crippen LogP contribution in [0.1, 0.15) is 35.7 Å². The number of anilines is 2. The number of aryl methyl sites for hydroxylation is 1. The maximum absolute atomic E-state index is 11.8. The number of nitrogens with one attached hydrogen (secondary N) is 2. The first-order valence-electron chi connectivity index (χ1n) is 7.23. The number of amides is 1. The zero-order chi connectivity index (χ0) is 14.7. The van der Waals surface area contributed by atoms with Gasteiger partial charge in [-0.2, -0.15) is 0 Å². The van der Waals surface area contributed by atoms with E-state index in [1.54, 1.807) is 12.4 Å². The second kappa shape index (κ2) is 5.91. The Kier molecular flexibility index (Phi) is 3.81. The highest BCUT2D eigenvalue weighted by Gasteiger charge is 2.23. The first kappa shape index (κ1) is 13.5. The van der Waals surface area contributed by atoms with Gasteiger partial charge in [0.1, 0.15) is 0 Å². The molecule has 21 heavy (non-hydrogen) atoms. The highest BCUT2D eigenvalue weighted by atomic mass is 16.1. The molecule has 0 saturated heterocycles. The van der Waals surface area contributed by atoms with Gasteiger partial charge in [0, 0.05) is 24.1 Å². The lowest BCUT2D eigenvalue weighted by atomic mass is 10.1. The molecule has 5 heteroatoms. The van der Waals surface area contributed by atoms with Gasteiger partial charge in [0.2, 0.25) is 5.95 Å². The van der Waals surface area contributed by atoms with Crippen LogP contribution >= 0.6 is 0 Å². The van der Waals surface area contributed by atoms with Crippen LogP contribution in [0.25, 0.3) is 0 Å². The van der Waals surface area contributed by atoms with Gasteiger partial charge in [-0.15, -0.1) is 0 Å². The molecule has 0 spiro atoms. The predicted molar refractivity (Wildman–Crippen MR) is 81.6 cm³/mol. The van der Waals surface area contributed by atoms with Crippen molar-refractivity contribution < 1.29 is 4.79 Å². The molecule has 1 saturated carbocycles. The first-order valence-corrected chi connectivity index (χ1v) is 7.23. The third kappa shape index (κ3) is 3.56. The van der Waals surface area contributed by atoms with Crippen LogP contribution in [-0.4, -0.2) is 21.9 Å². The van der Waals surface area contributed by atoms with Crippen molar-refractivity contribution in [3.05, 3.63) is 47.8 Å². The van der Waals surface area contributed by atoms with Crippen LogP contribution in [0.2, 0.25) is 0 Å². The highest BCUT2D eigenvalue weighted by Crippen LogP contribution is 2.19. The number of aromatic nitrogens is 2. The normalized spacial score (nSPS) is 13.8. The molecule has 1 aromatic carbocycles. The van der Waals surface area contributed by atoms with Gasteiger partial charge in [0.15, 0.2) is 0 Å². The molecule has 0 aliphatic heterocycles. The summed E-state index contributed by atoms with van der Waals surface area (Å²) in [5.74, 6) is 0.388. The molecule has 108 valence electrons. The van der Waals surface area contributed by atoms with Crippen molar-refractivity contribution in [1.82, 2.24) is 15.3 Å². The van der Waals surface area contributed by atoms with E-state index in [2.05, 4.69) is 39.7 Å². The second-order valence-electron chi connectivity index (χ2n) is 5.22. The summed E-state index contributed by atoms with van der Waals surface area (Å²) in [6, 6.07) is 8.47. The minimum absolute atomic E-state index is 0.101. The van der Waals surface area contributed by atoms with Gasteiger partial charge in [-0.1, -0.05) is 19.1 Å². The molecular weight excluding hydrogens is 264 g/mol. The smallest absolute Gasteiger partial charge is 0.254 e. The number of hydrogen-bond donors (Lipinski definition) is 2. The monoisotopic (exact) mass is 282 g/mol. The van der Waals surface area contributed by atoms with Crippen LogP contribution < -0.4 is 10.6 Å². The molecule has 1 amide bonds. The van der Waals surface area contributed by atoms with Gasteiger partial charge in [0.05, 0.1) is 5.56 Å². The standard InChI is InChI=1S/C16H18N4O/c1-2-11-3-5-14(6-4-11)20-16-17-9-12(10-18-16)15(21)19-13-7-8-13/h3-6,9-10,13H,2,7-8H2,1H3,(H,19,21)(H,17,18,20). The van der Waals surface area contributed by atoms with Crippen LogP contribution in [0.4, 0.5) is 11.6 Å². The van der Waals surface area contributed by atoms with Crippen molar-refractivity contribution in [1.29, 1.82) is 0 Å². The fraction of sp³-hybridized carbons (Fsp3) is 0.312. The molecule has 2 aromatic rings. The van der Waals surface area contributed by atoms with E-state index in [4.69, 9.17) is 0 Å². The van der Waals surface area contributed by atoms with Gasteiger partial charge in [0.25, 0.3) is 5.91 Å². The highest BCUT2D eigenvalue weighted by molar-refractivity contribution is 5.94. The molecule has 1 fully saturated rings. The molecule has 1 aliphatic carbocycles. The molecule has 1 heterocycles. The molecule has 3 rings (SSSR count). The molecule has 5 nitrogen and oxygen atoms in total. The zero-order valence-electron chi connectivity index (χ0n) is 12.0. The molecule has 1 aliphatic rings. The first-order chi connectivity index (χ1) is 10.2. The van der Waals surface area contributed by atoms with Crippen molar-refractivity contribution in [2.24, 2.45) is 0 Å². The van der Waals surface area contributed by atoms with E-state index < -0.39 is 0 Å². The Hall–Kier alpha value is -2.43. The van der Waals surface area contributed by atoms with Gasteiger partial charge in [-0.3, -0.25) is 4.79 Å². The molecule has 0 atom stereocenters. The van der Waals surface area contributed by atoms with E-state index in [0.717, 1.165) is 24.9 Å². The third-order valence-electron chi connectivity index (χ3n) is 3.44. The SMILES string of the molecule is CCc1ccc(Nc2ncc(C(=O)NC3CC3)cn2)cc1. The summed E-state index contributed by atoms with van der Waals surface area (Å²) in [6.45, 7) is 2.12. The average Bonchev–Trinajstić information content (AvgIpc) is 3.33. The Morgan fingerprint density at radius 1 is 1.19 bits per heavy atom. The van der Waals surface area contributed by atoms with Crippen molar-refractivity contribution in [2.75, 3.05) is 5.32 Å². The summed E-state index contributed by atoms with van der Waals surface area (Å²) < 4.78 is 0. The quantitative estimate of drug-likeness (QED) is 0.884. The second-order valence-corrected chi connectivity index (χ2v) is 5.22. The third-order valence-corrected chi connectivity index (χ3v) is 3.44. The average molecular weight is 282 g/mol. The minimum atomic E-state index is -0.101. The van der Waals surface area contributed by atoms with Crippen LogP contribution in [0.15, 0.2) is 36.7 Å². The van der Waals surface area contributed by atoms with Crippen LogP contribution in [0.3, 0.4) is 0 Å². The van der Waals surface area contributed by atoms with E-state index in [9.17, 15) is 4.79 Å². The van der Waals surface area contributed by atoms with Crippen LogP contribution in [0.5, 0.6) is 0 Å². The maximum atomic E-state index is 11.8. The van der Waals surface area contributed by atoms with Crippen molar-refractivity contribution in [3.63, 3.8) is 0 Å². The summed E-state index contributed by atoms with van der Waals surface area (Å²) in [5, 5.41) is 6.03. The lowest BCUT2D eigenvalue weighted by Gasteiger charge is -2.06. The summed E-state index contributed by atoms with van der Waals surface area (Å²) in [7, 11) is 0. The molecule has 2 N–H and O–H groups in total.